The lowest BCUT2D eigenvalue weighted by molar-refractivity contribution is 0.157. The first-order chi connectivity index (χ1) is 7.66. The van der Waals surface area contributed by atoms with Crippen LogP contribution in [0.1, 0.15) is 55.1 Å². The Morgan fingerprint density at radius 2 is 2.19 bits per heavy atom. The molecule has 1 atom stereocenters. The van der Waals surface area contributed by atoms with Gasteiger partial charge in [-0.15, -0.1) is 11.3 Å². The van der Waals surface area contributed by atoms with Crippen LogP contribution in [0.5, 0.6) is 0 Å². The SMILES string of the molecule is Cc1sc(Br)cc1C(O)CCC1CCCC1. The molecule has 0 aromatic carbocycles. The summed E-state index contributed by atoms with van der Waals surface area (Å²) >= 11 is 5.19. The fourth-order valence-electron chi connectivity index (χ4n) is 2.64. The Hall–Kier alpha value is 0.140. The number of thiophene rings is 1. The van der Waals surface area contributed by atoms with Gasteiger partial charge in [0.05, 0.1) is 9.89 Å². The van der Waals surface area contributed by atoms with Gasteiger partial charge in [-0.3, -0.25) is 0 Å². The number of halogens is 1. The Balaban J connectivity index is 1.87. The van der Waals surface area contributed by atoms with Crippen LogP contribution < -0.4 is 0 Å². The van der Waals surface area contributed by atoms with Crippen molar-refractivity contribution in [3.63, 3.8) is 0 Å². The Morgan fingerprint density at radius 1 is 1.50 bits per heavy atom. The van der Waals surface area contributed by atoms with E-state index in [4.69, 9.17) is 0 Å². The highest BCUT2D eigenvalue weighted by atomic mass is 79.9. The third-order valence-electron chi connectivity index (χ3n) is 3.61. The van der Waals surface area contributed by atoms with Gasteiger partial charge in [-0.2, -0.15) is 0 Å². The molecule has 1 heterocycles. The third kappa shape index (κ3) is 3.08. The molecule has 1 saturated carbocycles. The molecule has 1 nitrogen and oxygen atoms in total. The Morgan fingerprint density at radius 3 is 2.75 bits per heavy atom. The van der Waals surface area contributed by atoms with E-state index in [1.54, 1.807) is 11.3 Å². The van der Waals surface area contributed by atoms with Crippen molar-refractivity contribution < 1.29 is 5.11 Å². The van der Waals surface area contributed by atoms with Crippen molar-refractivity contribution in [3.05, 3.63) is 20.3 Å². The van der Waals surface area contributed by atoms with Gasteiger partial charge in [0, 0.05) is 4.88 Å². The zero-order valence-electron chi connectivity index (χ0n) is 9.71. The maximum Gasteiger partial charge on any atom is 0.0801 e. The number of rotatable bonds is 4. The van der Waals surface area contributed by atoms with Gasteiger partial charge in [0.2, 0.25) is 0 Å². The topological polar surface area (TPSA) is 20.2 Å². The first kappa shape index (κ1) is 12.6. The summed E-state index contributed by atoms with van der Waals surface area (Å²) in [5.74, 6) is 0.872. The molecule has 0 bridgehead atoms. The molecule has 2 rings (SSSR count). The van der Waals surface area contributed by atoms with Gasteiger partial charge in [-0.05, 0) is 53.2 Å². The third-order valence-corrected chi connectivity index (χ3v) is 5.18. The zero-order chi connectivity index (χ0) is 11.5. The molecule has 0 radical (unpaired) electrons. The first-order valence-electron chi connectivity index (χ1n) is 6.10. The quantitative estimate of drug-likeness (QED) is 0.845. The first-order valence-corrected chi connectivity index (χ1v) is 7.71. The summed E-state index contributed by atoms with van der Waals surface area (Å²) in [6.45, 7) is 2.09. The van der Waals surface area contributed by atoms with Crippen LogP contribution in [0.3, 0.4) is 0 Å². The molecule has 0 amide bonds. The molecule has 0 spiro atoms. The number of hydrogen-bond donors (Lipinski definition) is 1. The molecule has 3 heteroatoms. The average molecular weight is 303 g/mol. The lowest BCUT2D eigenvalue weighted by atomic mass is 9.97. The molecule has 1 fully saturated rings. The molecule has 16 heavy (non-hydrogen) atoms. The van der Waals surface area contributed by atoms with Crippen molar-refractivity contribution in [1.82, 2.24) is 0 Å². The molecule has 1 aromatic rings. The van der Waals surface area contributed by atoms with E-state index in [-0.39, 0.29) is 6.10 Å². The van der Waals surface area contributed by atoms with Gasteiger partial charge >= 0.3 is 0 Å². The van der Waals surface area contributed by atoms with Crippen molar-refractivity contribution in [2.24, 2.45) is 5.92 Å². The second-order valence-corrected chi connectivity index (χ2v) is 7.44. The monoisotopic (exact) mass is 302 g/mol. The van der Waals surface area contributed by atoms with Crippen molar-refractivity contribution in [1.29, 1.82) is 0 Å². The molecule has 1 aliphatic carbocycles. The predicted octanol–water partition coefficient (Wildman–Crippen LogP) is 4.82. The maximum atomic E-state index is 10.2. The van der Waals surface area contributed by atoms with Gasteiger partial charge in [0.1, 0.15) is 0 Å². The van der Waals surface area contributed by atoms with Crippen LogP contribution in [0.15, 0.2) is 9.85 Å². The molecule has 90 valence electrons. The van der Waals surface area contributed by atoms with Crippen molar-refractivity contribution in [2.75, 3.05) is 0 Å². The van der Waals surface area contributed by atoms with E-state index in [0.717, 1.165) is 21.7 Å². The number of aliphatic hydroxyl groups excluding tert-OH is 1. The van der Waals surface area contributed by atoms with Crippen LogP contribution in [0.2, 0.25) is 0 Å². The number of aliphatic hydroxyl groups is 1. The second-order valence-electron chi connectivity index (χ2n) is 4.81. The van der Waals surface area contributed by atoms with Crippen LogP contribution in [-0.2, 0) is 0 Å². The van der Waals surface area contributed by atoms with E-state index >= 15 is 0 Å². The summed E-state index contributed by atoms with van der Waals surface area (Å²) in [5.41, 5.74) is 1.12. The Kier molecular flexibility index (Phi) is 4.45. The second kappa shape index (κ2) is 5.65. The highest BCUT2D eigenvalue weighted by Crippen LogP contribution is 2.35. The summed E-state index contributed by atoms with van der Waals surface area (Å²) in [5, 5.41) is 10.2. The predicted molar refractivity (Wildman–Crippen MR) is 72.9 cm³/mol. The maximum absolute atomic E-state index is 10.2. The lowest BCUT2D eigenvalue weighted by Gasteiger charge is -2.13. The normalized spacial score (nSPS) is 19.2. The van der Waals surface area contributed by atoms with Gasteiger partial charge in [-0.1, -0.05) is 25.7 Å². The van der Waals surface area contributed by atoms with Crippen LogP contribution in [0, 0.1) is 12.8 Å². The van der Waals surface area contributed by atoms with Crippen LogP contribution in [0.4, 0.5) is 0 Å². The summed E-state index contributed by atoms with van der Waals surface area (Å²) < 4.78 is 1.12. The van der Waals surface area contributed by atoms with E-state index in [1.165, 1.54) is 37.0 Å². The van der Waals surface area contributed by atoms with Crippen molar-refractivity contribution in [2.45, 2.75) is 51.6 Å². The fraction of sp³-hybridized carbons (Fsp3) is 0.692. The molecule has 1 aromatic heterocycles. The molecule has 1 N–H and O–H groups in total. The van der Waals surface area contributed by atoms with E-state index in [1.807, 2.05) is 0 Å². The molecular formula is C13H19BrOS. The number of hydrogen-bond acceptors (Lipinski definition) is 2. The summed E-state index contributed by atoms with van der Waals surface area (Å²) in [4.78, 5) is 1.24. The summed E-state index contributed by atoms with van der Waals surface area (Å²) in [6.07, 6.45) is 7.39. The minimum atomic E-state index is -0.261. The summed E-state index contributed by atoms with van der Waals surface area (Å²) in [6, 6.07) is 2.07. The van der Waals surface area contributed by atoms with Gasteiger partial charge in [-0.25, -0.2) is 0 Å². The molecule has 1 aliphatic rings. The van der Waals surface area contributed by atoms with Crippen LogP contribution in [-0.4, -0.2) is 5.11 Å². The van der Waals surface area contributed by atoms with Gasteiger partial charge < -0.3 is 5.11 Å². The molecular weight excluding hydrogens is 284 g/mol. The van der Waals surface area contributed by atoms with E-state index in [2.05, 4.69) is 28.9 Å². The summed E-state index contributed by atoms with van der Waals surface area (Å²) in [7, 11) is 0. The van der Waals surface area contributed by atoms with E-state index in [9.17, 15) is 5.11 Å². The molecule has 0 saturated heterocycles. The average Bonchev–Trinajstić information content (AvgIpc) is 2.84. The minimum absolute atomic E-state index is 0.261. The Labute approximate surface area is 110 Å². The molecule has 0 aliphatic heterocycles. The van der Waals surface area contributed by atoms with E-state index in [0.29, 0.717) is 0 Å². The van der Waals surface area contributed by atoms with Gasteiger partial charge in [0.25, 0.3) is 0 Å². The highest BCUT2D eigenvalue weighted by molar-refractivity contribution is 9.11. The van der Waals surface area contributed by atoms with Crippen molar-refractivity contribution in [3.8, 4) is 0 Å². The standard InChI is InChI=1S/C13H19BrOS/c1-9-11(8-13(14)16-9)12(15)7-6-10-4-2-3-5-10/h8,10,12,15H,2-7H2,1H3. The largest absolute Gasteiger partial charge is 0.388 e. The Bertz CT molecular complexity index is 342. The van der Waals surface area contributed by atoms with Crippen LogP contribution in [0.25, 0.3) is 0 Å². The van der Waals surface area contributed by atoms with Gasteiger partial charge in [0.15, 0.2) is 0 Å². The minimum Gasteiger partial charge on any atom is -0.388 e. The smallest absolute Gasteiger partial charge is 0.0801 e. The number of aryl methyl sites for hydroxylation is 1. The highest BCUT2D eigenvalue weighted by Gasteiger charge is 2.18. The molecule has 1 unspecified atom stereocenters. The zero-order valence-corrected chi connectivity index (χ0v) is 12.1. The fourth-order valence-corrected chi connectivity index (χ4v) is 4.40. The van der Waals surface area contributed by atoms with Crippen molar-refractivity contribution >= 4 is 27.3 Å². The van der Waals surface area contributed by atoms with Crippen LogP contribution >= 0.6 is 27.3 Å². The lowest BCUT2D eigenvalue weighted by Crippen LogP contribution is -2.01. The van der Waals surface area contributed by atoms with E-state index < -0.39 is 0 Å².